The molecule has 0 radical (unpaired) electrons. The highest BCUT2D eigenvalue weighted by molar-refractivity contribution is 7.16. The van der Waals surface area contributed by atoms with Gasteiger partial charge in [-0.25, -0.2) is 4.39 Å². The molecule has 31 heavy (non-hydrogen) atoms. The van der Waals surface area contributed by atoms with Crippen LogP contribution in [0, 0.1) is 12.7 Å². The molecule has 10 heteroatoms. The third kappa shape index (κ3) is 4.01. The number of nitrogens with zero attached hydrogens (tertiary/aromatic N) is 3. The summed E-state index contributed by atoms with van der Waals surface area (Å²) in [6, 6.07) is 11.0. The minimum absolute atomic E-state index is 0.154. The van der Waals surface area contributed by atoms with Gasteiger partial charge < -0.3 is 13.8 Å². The normalized spacial score (nSPS) is 11.8. The molecule has 0 unspecified atom stereocenters. The highest BCUT2D eigenvalue weighted by Gasteiger charge is 2.23. The second-order valence-electron chi connectivity index (χ2n) is 6.52. The fourth-order valence-electron chi connectivity index (χ4n) is 3.08. The Morgan fingerprint density at radius 3 is 2.81 bits per heavy atom. The summed E-state index contributed by atoms with van der Waals surface area (Å²) in [7, 11) is 1.26. The van der Waals surface area contributed by atoms with Gasteiger partial charge in [0.25, 0.3) is 5.91 Å². The Morgan fingerprint density at radius 1 is 1.29 bits per heavy atom. The van der Waals surface area contributed by atoms with Crippen molar-refractivity contribution in [1.82, 2.24) is 9.72 Å². The van der Waals surface area contributed by atoms with Crippen molar-refractivity contribution < 1.29 is 23.2 Å². The monoisotopic (exact) mass is 459 g/mol. The number of esters is 1. The van der Waals surface area contributed by atoms with Gasteiger partial charge in [0.15, 0.2) is 4.80 Å². The SMILES string of the molecule is COC(=O)Cn1c(=NC(=O)c2c(-c3ccccc3Cl)noc2C)sc2cc(F)ccc21. The van der Waals surface area contributed by atoms with Gasteiger partial charge in [-0.2, -0.15) is 4.99 Å². The summed E-state index contributed by atoms with van der Waals surface area (Å²) in [5, 5.41) is 4.39. The predicted molar refractivity (Wildman–Crippen MR) is 113 cm³/mol. The zero-order valence-electron chi connectivity index (χ0n) is 16.4. The van der Waals surface area contributed by atoms with Crippen molar-refractivity contribution in [3.05, 3.63) is 69.4 Å². The van der Waals surface area contributed by atoms with Crippen molar-refractivity contribution in [3.8, 4) is 11.3 Å². The molecule has 0 aliphatic rings. The van der Waals surface area contributed by atoms with E-state index in [1.807, 2.05) is 0 Å². The summed E-state index contributed by atoms with van der Waals surface area (Å²) in [5.74, 6) is -1.32. The Morgan fingerprint density at radius 2 is 2.06 bits per heavy atom. The average Bonchev–Trinajstić information content (AvgIpc) is 3.28. The van der Waals surface area contributed by atoms with E-state index in [-0.39, 0.29) is 28.4 Å². The largest absolute Gasteiger partial charge is 0.468 e. The van der Waals surface area contributed by atoms with Crippen molar-refractivity contribution in [1.29, 1.82) is 0 Å². The van der Waals surface area contributed by atoms with Crippen LogP contribution in [0.3, 0.4) is 0 Å². The zero-order valence-corrected chi connectivity index (χ0v) is 18.0. The van der Waals surface area contributed by atoms with E-state index in [1.54, 1.807) is 31.2 Å². The first kappa shape index (κ1) is 21.0. The average molecular weight is 460 g/mol. The van der Waals surface area contributed by atoms with Crippen LogP contribution >= 0.6 is 22.9 Å². The van der Waals surface area contributed by atoms with E-state index in [4.69, 9.17) is 20.9 Å². The van der Waals surface area contributed by atoms with Crippen LogP contribution < -0.4 is 4.80 Å². The van der Waals surface area contributed by atoms with Gasteiger partial charge in [-0.15, -0.1) is 0 Å². The molecule has 0 bridgehead atoms. The number of amides is 1. The summed E-state index contributed by atoms with van der Waals surface area (Å²) in [6.45, 7) is 1.41. The molecule has 4 rings (SSSR count). The number of aryl methyl sites for hydroxylation is 1. The molecule has 0 saturated heterocycles. The lowest BCUT2D eigenvalue weighted by molar-refractivity contribution is -0.141. The number of hydrogen-bond donors (Lipinski definition) is 0. The predicted octanol–water partition coefficient (Wildman–Crippen LogP) is 4.37. The van der Waals surface area contributed by atoms with E-state index in [0.29, 0.717) is 20.8 Å². The Bertz CT molecular complexity index is 1390. The molecule has 7 nitrogen and oxygen atoms in total. The molecule has 0 spiro atoms. The topological polar surface area (TPSA) is 86.7 Å². The summed E-state index contributed by atoms with van der Waals surface area (Å²) in [4.78, 5) is 29.5. The minimum Gasteiger partial charge on any atom is -0.468 e. The van der Waals surface area contributed by atoms with Crippen LogP contribution in [0.2, 0.25) is 5.02 Å². The fourth-order valence-corrected chi connectivity index (χ4v) is 4.36. The number of methoxy groups -OCH3 is 1. The number of thiazole rings is 1. The van der Waals surface area contributed by atoms with Crippen molar-refractivity contribution in [2.75, 3.05) is 7.11 Å². The first-order valence-corrected chi connectivity index (χ1v) is 10.2. The third-order valence-corrected chi connectivity index (χ3v) is 5.93. The quantitative estimate of drug-likeness (QED) is 0.423. The fraction of sp³-hybridized carbons (Fsp3) is 0.143. The van der Waals surface area contributed by atoms with Gasteiger partial charge >= 0.3 is 5.97 Å². The molecule has 0 fully saturated rings. The Hall–Kier alpha value is -3.30. The van der Waals surface area contributed by atoms with Gasteiger partial charge in [0.05, 0.1) is 22.3 Å². The standard InChI is InChI=1S/C21H15ClFN3O4S/c1-11-18(19(25-30-11)13-5-3-4-6-14(13)22)20(28)24-21-26(10-17(27)29-2)15-8-7-12(23)9-16(15)31-21/h3-9H,10H2,1-2H3. The van der Waals surface area contributed by atoms with Crippen LogP contribution in [-0.2, 0) is 16.1 Å². The van der Waals surface area contributed by atoms with Crippen LogP contribution in [0.5, 0.6) is 0 Å². The highest BCUT2D eigenvalue weighted by Crippen LogP contribution is 2.31. The van der Waals surface area contributed by atoms with Crippen molar-refractivity contribution >= 4 is 45.0 Å². The molecular formula is C21H15ClFN3O4S. The summed E-state index contributed by atoms with van der Waals surface area (Å²) < 4.78 is 25.7. The number of carbonyl (C=O) groups excluding carboxylic acids is 2. The lowest BCUT2D eigenvalue weighted by Crippen LogP contribution is -2.22. The van der Waals surface area contributed by atoms with Gasteiger partial charge in [0.1, 0.15) is 29.4 Å². The molecule has 0 atom stereocenters. The second-order valence-corrected chi connectivity index (χ2v) is 7.93. The summed E-state index contributed by atoms with van der Waals surface area (Å²) >= 11 is 7.34. The summed E-state index contributed by atoms with van der Waals surface area (Å²) in [6.07, 6.45) is 0. The van der Waals surface area contributed by atoms with E-state index in [9.17, 15) is 14.0 Å². The van der Waals surface area contributed by atoms with E-state index >= 15 is 0 Å². The Balaban J connectivity index is 1.88. The van der Waals surface area contributed by atoms with Crippen LogP contribution in [0.4, 0.5) is 4.39 Å². The Labute approximate surface area is 184 Å². The number of benzene rings is 2. The molecule has 0 aliphatic carbocycles. The van der Waals surface area contributed by atoms with Gasteiger partial charge in [0, 0.05) is 5.56 Å². The van der Waals surface area contributed by atoms with E-state index < -0.39 is 17.7 Å². The van der Waals surface area contributed by atoms with Crippen LogP contribution in [0.1, 0.15) is 16.1 Å². The Kier molecular flexibility index (Phi) is 5.71. The lowest BCUT2D eigenvalue weighted by Gasteiger charge is -2.04. The van der Waals surface area contributed by atoms with Gasteiger partial charge in [-0.3, -0.25) is 9.59 Å². The molecule has 0 N–H and O–H groups in total. The summed E-state index contributed by atoms with van der Waals surface area (Å²) in [5.41, 5.74) is 1.50. The van der Waals surface area contributed by atoms with E-state index in [2.05, 4.69) is 10.1 Å². The van der Waals surface area contributed by atoms with E-state index in [0.717, 1.165) is 11.3 Å². The van der Waals surface area contributed by atoms with Gasteiger partial charge in [0.2, 0.25) is 0 Å². The maximum Gasteiger partial charge on any atom is 0.325 e. The van der Waals surface area contributed by atoms with Gasteiger partial charge in [-0.05, 0) is 31.2 Å². The van der Waals surface area contributed by atoms with Crippen molar-refractivity contribution in [2.24, 2.45) is 4.99 Å². The van der Waals surface area contributed by atoms with Crippen LogP contribution in [-0.4, -0.2) is 28.7 Å². The molecule has 0 saturated carbocycles. The maximum atomic E-state index is 13.7. The maximum absolute atomic E-state index is 13.7. The highest BCUT2D eigenvalue weighted by atomic mass is 35.5. The first-order chi connectivity index (χ1) is 14.9. The smallest absolute Gasteiger partial charge is 0.325 e. The molecule has 4 aromatic rings. The second kappa shape index (κ2) is 8.44. The number of rotatable bonds is 4. The molecule has 2 aromatic heterocycles. The van der Waals surface area contributed by atoms with Gasteiger partial charge in [-0.1, -0.05) is 46.3 Å². The third-order valence-electron chi connectivity index (χ3n) is 4.56. The number of fused-ring (bicyclic) bond motifs is 1. The number of carbonyl (C=O) groups is 2. The molecule has 0 aliphatic heterocycles. The van der Waals surface area contributed by atoms with Crippen molar-refractivity contribution in [2.45, 2.75) is 13.5 Å². The molecule has 2 aromatic carbocycles. The van der Waals surface area contributed by atoms with Crippen molar-refractivity contribution in [3.63, 3.8) is 0 Å². The number of ether oxygens (including phenoxy) is 1. The number of aromatic nitrogens is 2. The zero-order chi connectivity index (χ0) is 22.1. The van der Waals surface area contributed by atoms with Crippen LogP contribution in [0.25, 0.3) is 21.5 Å². The first-order valence-electron chi connectivity index (χ1n) is 9.05. The van der Waals surface area contributed by atoms with E-state index in [1.165, 1.54) is 29.9 Å². The molecule has 1 amide bonds. The minimum atomic E-state index is -0.626. The lowest BCUT2D eigenvalue weighted by atomic mass is 10.1. The number of halogens is 2. The molecule has 158 valence electrons. The number of hydrogen-bond acceptors (Lipinski definition) is 6. The molecule has 2 heterocycles. The van der Waals surface area contributed by atoms with Crippen LogP contribution in [0.15, 0.2) is 52.0 Å². The molecular weight excluding hydrogens is 445 g/mol.